The van der Waals surface area contributed by atoms with Crippen molar-refractivity contribution in [3.05, 3.63) is 105 Å². The number of nitrogens with zero attached hydrogens (tertiary/aromatic N) is 2. The normalized spacial score (nSPS) is 15.3. The predicted octanol–water partition coefficient (Wildman–Crippen LogP) is 6.52. The minimum Gasteiger partial charge on any atom is -0.496 e. The number of carbonyl (C=O) groups excluding carboxylic acids is 1. The third kappa shape index (κ3) is 5.43. The number of methoxy groups -OCH3 is 1. The van der Waals surface area contributed by atoms with Crippen molar-refractivity contribution in [2.45, 2.75) is 32.9 Å². The molecule has 0 saturated heterocycles. The van der Waals surface area contributed by atoms with E-state index in [9.17, 15) is 9.59 Å². The molecule has 4 aromatic rings. The van der Waals surface area contributed by atoms with Crippen LogP contribution in [0.25, 0.3) is 17.4 Å². The van der Waals surface area contributed by atoms with Crippen LogP contribution in [-0.2, 0) is 9.53 Å². The van der Waals surface area contributed by atoms with Crippen LogP contribution in [0, 0.1) is 0 Å². The number of hydrogen-bond donors (Lipinski definition) is 0. The third-order valence-electron chi connectivity index (χ3n) is 6.16. The van der Waals surface area contributed by atoms with Gasteiger partial charge in [-0.3, -0.25) is 9.36 Å². The first-order valence-corrected chi connectivity index (χ1v) is 14.6. The number of ether oxygens (including phenoxy) is 2. The number of hydrogen-bond acceptors (Lipinski definition) is 7. The van der Waals surface area contributed by atoms with E-state index < -0.39 is 12.0 Å². The summed E-state index contributed by atoms with van der Waals surface area (Å²) in [5.74, 6) is 0.925. The first kappa shape index (κ1) is 28.4. The van der Waals surface area contributed by atoms with Crippen LogP contribution >= 0.6 is 50.5 Å². The van der Waals surface area contributed by atoms with Crippen LogP contribution in [0.4, 0.5) is 0 Å². The van der Waals surface area contributed by atoms with Crippen molar-refractivity contribution in [1.82, 2.24) is 4.57 Å². The summed E-state index contributed by atoms with van der Waals surface area (Å²) >= 11 is 17.2. The highest BCUT2D eigenvalue weighted by atomic mass is 79.9. The van der Waals surface area contributed by atoms with E-state index in [4.69, 9.17) is 37.1 Å². The van der Waals surface area contributed by atoms with Crippen LogP contribution < -0.4 is 19.6 Å². The molecular formula is C29H23BrCl2N2O5S. The Hall–Kier alpha value is -3.11. The second-order valence-corrected chi connectivity index (χ2v) is 12.0. The molecule has 40 heavy (non-hydrogen) atoms. The number of rotatable bonds is 6. The molecule has 0 saturated carbocycles. The maximum Gasteiger partial charge on any atom is 0.338 e. The Morgan fingerprint density at radius 3 is 2.67 bits per heavy atom. The lowest BCUT2D eigenvalue weighted by atomic mass is 9.95. The van der Waals surface area contributed by atoms with Gasteiger partial charge in [-0.15, -0.1) is 0 Å². The molecule has 5 rings (SSSR count). The number of fused-ring (bicyclic) bond motifs is 1. The number of allylic oxidation sites excluding steroid dienone is 1. The summed E-state index contributed by atoms with van der Waals surface area (Å²) < 4.78 is 19.9. The zero-order chi connectivity index (χ0) is 28.7. The number of esters is 1. The number of halogens is 3. The summed E-state index contributed by atoms with van der Waals surface area (Å²) in [5.41, 5.74) is 1.64. The zero-order valence-corrected chi connectivity index (χ0v) is 25.7. The maximum atomic E-state index is 13.9. The van der Waals surface area contributed by atoms with Gasteiger partial charge in [-0.05, 0) is 69.3 Å². The molecule has 0 spiro atoms. The SMILES string of the molecule is COc1ccc(Br)cc1[C@@H]1C(C(=O)OC(C)C)=C(C)N=c2s/c(=C\c3ccc(-c4cc(Cl)ccc4Cl)o3)c(=O)n21. The van der Waals surface area contributed by atoms with Gasteiger partial charge in [0.2, 0.25) is 0 Å². The summed E-state index contributed by atoms with van der Waals surface area (Å²) in [4.78, 5) is 32.3. The monoisotopic (exact) mass is 660 g/mol. The second-order valence-electron chi connectivity index (χ2n) is 9.25. The molecule has 0 fully saturated rings. The lowest BCUT2D eigenvalue weighted by molar-refractivity contribution is -0.143. The highest BCUT2D eigenvalue weighted by Gasteiger charge is 2.35. The first-order valence-electron chi connectivity index (χ1n) is 12.2. The van der Waals surface area contributed by atoms with E-state index in [2.05, 4.69) is 20.9 Å². The van der Waals surface area contributed by atoms with E-state index in [-0.39, 0.29) is 17.2 Å². The molecule has 1 aliphatic heterocycles. The number of carbonyl (C=O) groups is 1. The van der Waals surface area contributed by atoms with Gasteiger partial charge in [0.1, 0.15) is 23.3 Å². The Labute approximate surface area is 252 Å². The molecule has 0 radical (unpaired) electrons. The summed E-state index contributed by atoms with van der Waals surface area (Å²) in [7, 11) is 1.54. The first-order chi connectivity index (χ1) is 19.1. The summed E-state index contributed by atoms with van der Waals surface area (Å²) in [6, 6.07) is 13.2. The minimum absolute atomic E-state index is 0.264. The van der Waals surface area contributed by atoms with Crippen molar-refractivity contribution < 1.29 is 18.7 Å². The van der Waals surface area contributed by atoms with Gasteiger partial charge in [0.05, 0.1) is 34.0 Å². The van der Waals surface area contributed by atoms with Crippen molar-refractivity contribution in [3.63, 3.8) is 0 Å². The number of furan rings is 1. The van der Waals surface area contributed by atoms with Gasteiger partial charge < -0.3 is 13.9 Å². The standard InChI is InChI=1S/C29H23BrCl2N2O5S/c1-14(2)38-28(36)25-15(3)33-29-34(26(25)20-11-16(30)5-9-22(20)37-4)27(35)24(40-29)13-18-7-10-23(39-18)19-12-17(31)6-8-21(19)32/h5-14,26H,1-4H3/b24-13-/t26-/m1/s1. The molecule has 7 nitrogen and oxygen atoms in total. The number of aromatic nitrogens is 1. The fraction of sp³-hybridized carbons (Fsp3) is 0.207. The van der Waals surface area contributed by atoms with Gasteiger partial charge >= 0.3 is 5.97 Å². The Morgan fingerprint density at radius 1 is 1.18 bits per heavy atom. The average molecular weight is 662 g/mol. The van der Waals surface area contributed by atoms with Gasteiger partial charge in [-0.1, -0.05) is 50.5 Å². The molecule has 1 atom stereocenters. The van der Waals surface area contributed by atoms with Crippen LogP contribution in [0.5, 0.6) is 5.75 Å². The van der Waals surface area contributed by atoms with E-state index in [1.54, 1.807) is 70.4 Å². The van der Waals surface area contributed by atoms with Gasteiger partial charge in [0, 0.05) is 26.7 Å². The van der Waals surface area contributed by atoms with Gasteiger partial charge in [0.25, 0.3) is 5.56 Å². The van der Waals surface area contributed by atoms with Crippen LogP contribution in [0.3, 0.4) is 0 Å². The summed E-state index contributed by atoms with van der Waals surface area (Å²) in [6.07, 6.45) is 1.29. The van der Waals surface area contributed by atoms with Crippen molar-refractivity contribution in [2.24, 2.45) is 4.99 Å². The van der Waals surface area contributed by atoms with Gasteiger partial charge in [-0.25, -0.2) is 9.79 Å². The van der Waals surface area contributed by atoms with Gasteiger partial charge in [-0.2, -0.15) is 0 Å². The predicted molar refractivity (Wildman–Crippen MR) is 160 cm³/mol. The minimum atomic E-state index is -0.825. The third-order valence-corrected chi connectivity index (χ3v) is 8.21. The molecule has 0 unspecified atom stereocenters. The largest absolute Gasteiger partial charge is 0.496 e. The molecule has 0 bridgehead atoms. The quantitative estimate of drug-likeness (QED) is 0.220. The fourth-order valence-corrected chi connectivity index (χ4v) is 6.25. The van der Waals surface area contributed by atoms with Crippen molar-refractivity contribution in [2.75, 3.05) is 7.11 Å². The van der Waals surface area contributed by atoms with Gasteiger partial charge in [0.15, 0.2) is 4.80 Å². The van der Waals surface area contributed by atoms with Crippen LogP contribution in [-0.4, -0.2) is 23.8 Å². The number of thiazole rings is 1. The van der Waals surface area contributed by atoms with Crippen molar-refractivity contribution in [1.29, 1.82) is 0 Å². The van der Waals surface area contributed by atoms with E-state index in [0.717, 1.165) is 4.47 Å². The lowest BCUT2D eigenvalue weighted by Gasteiger charge is -2.26. The Kier molecular flexibility index (Phi) is 8.10. The molecule has 3 heterocycles. The molecular weight excluding hydrogens is 639 g/mol. The molecule has 2 aromatic carbocycles. The molecule has 0 N–H and O–H groups in total. The van der Waals surface area contributed by atoms with Crippen molar-refractivity contribution in [3.8, 4) is 17.1 Å². The second kappa shape index (κ2) is 11.4. The number of benzene rings is 2. The van der Waals surface area contributed by atoms with Crippen LogP contribution in [0.1, 0.15) is 38.1 Å². The summed E-state index contributed by atoms with van der Waals surface area (Å²) in [5, 5.41) is 1.01. The average Bonchev–Trinajstić information content (AvgIpc) is 3.48. The summed E-state index contributed by atoms with van der Waals surface area (Å²) in [6.45, 7) is 5.27. The molecule has 2 aromatic heterocycles. The maximum absolute atomic E-state index is 13.9. The molecule has 0 aliphatic carbocycles. The topological polar surface area (TPSA) is 83.0 Å². The molecule has 206 valence electrons. The Bertz CT molecular complexity index is 1850. The molecule has 1 aliphatic rings. The van der Waals surface area contributed by atoms with E-state index >= 15 is 0 Å². The highest BCUT2D eigenvalue weighted by molar-refractivity contribution is 9.10. The van der Waals surface area contributed by atoms with Crippen molar-refractivity contribution >= 4 is 62.5 Å². The Morgan fingerprint density at radius 2 is 1.95 bits per heavy atom. The smallest absolute Gasteiger partial charge is 0.338 e. The van der Waals surface area contributed by atoms with E-state index in [1.807, 2.05) is 12.1 Å². The fourth-order valence-electron chi connectivity index (χ4n) is 4.46. The van der Waals surface area contributed by atoms with E-state index in [0.29, 0.717) is 53.5 Å². The van der Waals surface area contributed by atoms with Crippen LogP contribution in [0.2, 0.25) is 10.0 Å². The molecule has 11 heteroatoms. The van der Waals surface area contributed by atoms with E-state index in [1.165, 1.54) is 15.9 Å². The molecule has 0 amide bonds. The Balaban J connectivity index is 1.68. The highest BCUT2D eigenvalue weighted by Crippen LogP contribution is 2.37. The van der Waals surface area contributed by atoms with Crippen LogP contribution in [0.15, 0.2) is 78.5 Å². The lowest BCUT2D eigenvalue weighted by Crippen LogP contribution is -2.40. The zero-order valence-electron chi connectivity index (χ0n) is 21.8.